The van der Waals surface area contributed by atoms with Gasteiger partial charge in [-0.15, -0.1) is 16.8 Å². The van der Waals surface area contributed by atoms with E-state index in [0.717, 1.165) is 12.1 Å². The lowest BCUT2D eigenvalue weighted by Crippen LogP contribution is -2.23. The highest BCUT2D eigenvalue weighted by molar-refractivity contribution is 7.99. The summed E-state index contributed by atoms with van der Waals surface area (Å²) >= 11 is 1.26. The maximum atomic E-state index is 13.0. The molecule has 0 radical (unpaired) electrons. The van der Waals surface area contributed by atoms with Crippen LogP contribution in [-0.2, 0) is 11.3 Å². The Labute approximate surface area is 193 Å². The Morgan fingerprint density at radius 3 is 2.76 bits per heavy atom. The summed E-state index contributed by atoms with van der Waals surface area (Å²) in [7, 11) is 0. The number of amides is 1. The standard InChI is InChI=1S/C24H21N5O3S/c1-2-12-28-22(32)18-9-3-4-10-19(18)29-23(28)25-26-24(29)33-15-20(30)16-7-5-8-17(14-16)27-13-6-11-21(27)31/h2-5,7-10,14H,1,6,11-13,15H2. The molecule has 2 aromatic heterocycles. The summed E-state index contributed by atoms with van der Waals surface area (Å²) in [4.78, 5) is 39.6. The summed E-state index contributed by atoms with van der Waals surface area (Å²) in [6.45, 7) is 4.71. The highest BCUT2D eigenvalue weighted by atomic mass is 32.2. The van der Waals surface area contributed by atoms with E-state index in [-0.39, 0.29) is 23.0 Å². The number of benzene rings is 2. The summed E-state index contributed by atoms with van der Waals surface area (Å²) in [6.07, 6.45) is 3.01. The molecule has 8 nitrogen and oxygen atoms in total. The summed E-state index contributed by atoms with van der Waals surface area (Å²) in [5, 5.41) is 9.56. The first-order chi connectivity index (χ1) is 16.1. The van der Waals surface area contributed by atoms with E-state index in [1.54, 1.807) is 39.6 Å². The highest BCUT2D eigenvalue weighted by Crippen LogP contribution is 2.25. The zero-order valence-corrected chi connectivity index (χ0v) is 18.6. The predicted octanol–water partition coefficient (Wildman–Crippen LogP) is 3.33. The lowest BCUT2D eigenvalue weighted by molar-refractivity contribution is -0.117. The molecule has 0 bridgehead atoms. The SMILES string of the molecule is C=CCn1c(=O)c2ccccc2n2c(SCC(=O)c3cccc(N4CCCC4=O)c3)nnc12. The first kappa shape index (κ1) is 21.1. The number of thioether (sulfide) groups is 1. The summed E-state index contributed by atoms with van der Waals surface area (Å²) in [6, 6.07) is 14.4. The van der Waals surface area contributed by atoms with Crippen molar-refractivity contribution in [1.29, 1.82) is 0 Å². The molecule has 1 aliphatic heterocycles. The van der Waals surface area contributed by atoms with E-state index in [1.165, 1.54) is 16.3 Å². The van der Waals surface area contributed by atoms with Crippen molar-refractivity contribution >= 4 is 45.8 Å². The minimum Gasteiger partial charge on any atom is -0.312 e. The number of rotatable bonds is 7. The molecule has 0 saturated carbocycles. The lowest BCUT2D eigenvalue weighted by atomic mass is 10.1. The van der Waals surface area contributed by atoms with Crippen molar-refractivity contribution in [2.45, 2.75) is 24.5 Å². The van der Waals surface area contributed by atoms with Gasteiger partial charge in [0.2, 0.25) is 11.7 Å². The van der Waals surface area contributed by atoms with Crippen LogP contribution < -0.4 is 10.5 Å². The lowest BCUT2D eigenvalue weighted by Gasteiger charge is -2.16. The van der Waals surface area contributed by atoms with Crippen LogP contribution in [0.3, 0.4) is 0 Å². The molecule has 5 rings (SSSR count). The Morgan fingerprint density at radius 1 is 1.12 bits per heavy atom. The van der Waals surface area contributed by atoms with Gasteiger partial charge in [-0.05, 0) is 30.7 Å². The number of carbonyl (C=O) groups excluding carboxylic acids is 2. The summed E-state index contributed by atoms with van der Waals surface area (Å²) in [5.74, 6) is 0.561. The van der Waals surface area contributed by atoms with Crippen molar-refractivity contribution in [3.63, 3.8) is 0 Å². The van der Waals surface area contributed by atoms with Gasteiger partial charge in [0.25, 0.3) is 5.56 Å². The number of allylic oxidation sites excluding steroid dienone is 1. The minimum atomic E-state index is -0.161. The Bertz CT molecular complexity index is 1470. The molecule has 166 valence electrons. The molecule has 0 aliphatic carbocycles. The largest absolute Gasteiger partial charge is 0.312 e. The van der Waals surface area contributed by atoms with Gasteiger partial charge in [-0.1, -0.05) is 42.1 Å². The van der Waals surface area contributed by atoms with Gasteiger partial charge in [0.05, 0.1) is 16.7 Å². The number of Topliss-reactive ketones (excluding diaryl/α,β-unsaturated/α-hetero) is 1. The first-order valence-electron chi connectivity index (χ1n) is 10.6. The average Bonchev–Trinajstić information content (AvgIpc) is 3.46. The van der Waals surface area contributed by atoms with Crippen LogP contribution in [0.2, 0.25) is 0 Å². The average molecular weight is 460 g/mol. The predicted molar refractivity (Wildman–Crippen MR) is 128 cm³/mol. The fraction of sp³-hybridized carbons (Fsp3) is 0.208. The highest BCUT2D eigenvalue weighted by Gasteiger charge is 2.23. The third-order valence-electron chi connectivity index (χ3n) is 5.68. The van der Waals surface area contributed by atoms with Crippen molar-refractivity contribution in [3.8, 4) is 0 Å². The summed E-state index contributed by atoms with van der Waals surface area (Å²) in [5.41, 5.74) is 1.82. The van der Waals surface area contributed by atoms with E-state index in [4.69, 9.17) is 0 Å². The van der Waals surface area contributed by atoms with Crippen molar-refractivity contribution in [2.24, 2.45) is 0 Å². The quantitative estimate of drug-likeness (QED) is 0.239. The molecule has 1 fully saturated rings. The fourth-order valence-electron chi connectivity index (χ4n) is 4.10. The monoisotopic (exact) mass is 459 g/mol. The van der Waals surface area contributed by atoms with Crippen LogP contribution in [0.15, 0.2) is 71.1 Å². The Hall–Kier alpha value is -3.72. The third-order valence-corrected chi connectivity index (χ3v) is 6.60. The van der Waals surface area contributed by atoms with Crippen LogP contribution in [-0.4, -0.2) is 43.2 Å². The second-order valence-electron chi connectivity index (χ2n) is 7.75. The Kier molecular flexibility index (Phi) is 5.55. The van der Waals surface area contributed by atoms with Crippen molar-refractivity contribution in [3.05, 3.63) is 77.1 Å². The fourth-order valence-corrected chi connectivity index (χ4v) is 4.94. The Morgan fingerprint density at radius 2 is 1.97 bits per heavy atom. The number of para-hydroxylation sites is 1. The van der Waals surface area contributed by atoms with E-state index in [0.29, 0.717) is 46.9 Å². The van der Waals surface area contributed by atoms with Crippen LogP contribution in [0.1, 0.15) is 23.2 Å². The molecular formula is C24H21N5O3S. The molecule has 2 aromatic carbocycles. The number of nitrogens with zero attached hydrogens (tertiary/aromatic N) is 5. The van der Waals surface area contributed by atoms with Gasteiger partial charge in [0.15, 0.2) is 10.9 Å². The van der Waals surface area contributed by atoms with Crippen LogP contribution in [0.25, 0.3) is 16.7 Å². The second kappa shape index (κ2) is 8.67. The summed E-state index contributed by atoms with van der Waals surface area (Å²) < 4.78 is 3.32. The zero-order valence-electron chi connectivity index (χ0n) is 17.8. The van der Waals surface area contributed by atoms with E-state index in [1.807, 2.05) is 24.3 Å². The number of hydrogen-bond donors (Lipinski definition) is 0. The van der Waals surface area contributed by atoms with E-state index in [9.17, 15) is 14.4 Å². The van der Waals surface area contributed by atoms with Crippen LogP contribution in [0.4, 0.5) is 5.69 Å². The topological polar surface area (TPSA) is 89.6 Å². The number of carbonyl (C=O) groups is 2. The van der Waals surface area contributed by atoms with Gasteiger partial charge >= 0.3 is 0 Å². The molecule has 4 aromatic rings. The Balaban J connectivity index is 1.46. The number of anilines is 1. The zero-order chi connectivity index (χ0) is 22.9. The molecule has 0 N–H and O–H groups in total. The molecule has 0 spiro atoms. The number of aromatic nitrogens is 4. The number of ketones is 1. The third kappa shape index (κ3) is 3.74. The maximum Gasteiger partial charge on any atom is 0.263 e. The van der Waals surface area contributed by atoms with Gasteiger partial charge < -0.3 is 4.90 Å². The minimum absolute atomic E-state index is 0.0750. The van der Waals surface area contributed by atoms with Crippen molar-refractivity contribution in [2.75, 3.05) is 17.2 Å². The van der Waals surface area contributed by atoms with Gasteiger partial charge in [-0.2, -0.15) is 0 Å². The molecule has 1 amide bonds. The van der Waals surface area contributed by atoms with Crippen LogP contribution in [0.5, 0.6) is 0 Å². The second-order valence-corrected chi connectivity index (χ2v) is 8.69. The van der Waals surface area contributed by atoms with Crippen molar-refractivity contribution in [1.82, 2.24) is 19.2 Å². The molecule has 3 heterocycles. The number of hydrogen-bond acceptors (Lipinski definition) is 6. The van der Waals surface area contributed by atoms with Gasteiger partial charge in [0, 0.05) is 30.8 Å². The van der Waals surface area contributed by atoms with Gasteiger partial charge in [-0.3, -0.25) is 23.4 Å². The molecule has 9 heteroatoms. The molecule has 33 heavy (non-hydrogen) atoms. The van der Waals surface area contributed by atoms with E-state index >= 15 is 0 Å². The normalized spacial score (nSPS) is 13.8. The smallest absolute Gasteiger partial charge is 0.263 e. The van der Waals surface area contributed by atoms with Gasteiger partial charge in [0.1, 0.15) is 0 Å². The van der Waals surface area contributed by atoms with Crippen LogP contribution in [0, 0.1) is 0 Å². The molecule has 1 saturated heterocycles. The van der Waals surface area contributed by atoms with Crippen molar-refractivity contribution < 1.29 is 9.59 Å². The molecule has 1 aliphatic rings. The maximum absolute atomic E-state index is 13.0. The molecular weight excluding hydrogens is 438 g/mol. The molecule has 0 unspecified atom stereocenters. The first-order valence-corrected chi connectivity index (χ1v) is 11.6. The van der Waals surface area contributed by atoms with E-state index < -0.39 is 0 Å². The van der Waals surface area contributed by atoms with Gasteiger partial charge in [-0.25, -0.2) is 0 Å². The number of fused-ring (bicyclic) bond motifs is 3. The van der Waals surface area contributed by atoms with E-state index in [2.05, 4.69) is 16.8 Å². The molecule has 0 atom stereocenters. The van der Waals surface area contributed by atoms with Crippen LogP contribution >= 0.6 is 11.8 Å².